The van der Waals surface area contributed by atoms with E-state index in [2.05, 4.69) is 0 Å². The van der Waals surface area contributed by atoms with Crippen molar-refractivity contribution in [1.82, 2.24) is 0 Å². The van der Waals surface area contributed by atoms with E-state index < -0.39 is 0 Å². The zero-order valence-corrected chi connectivity index (χ0v) is 12.1. The second kappa shape index (κ2) is 5.11. The minimum absolute atomic E-state index is 0.133. The molecule has 0 aromatic heterocycles. The summed E-state index contributed by atoms with van der Waals surface area (Å²) in [4.78, 5) is 11.4. The Kier molecular flexibility index (Phi) is 3.69. The van der Waals surface area contributed by atoms with Crippen LogP contribution < -0.4 is 9.47 Å². The lowest BCUT2D eigenvalue weighted by Crippen LogP contribution is -2.19. The van der Waals surface area contributed by atoms with E-state index in [0.717, 1.165) is 40.2 Å². The summed E-state index contributed by atoms with van der Waals surface area (Å²) in [5.41, 5.74) is 4.43. The summed E-state index contributed by atoms with van der Waals surface area (Å²) in [6, 6.07) is 0. The molecule has 0 bridgehead atoms. The van der Waals surface area contributed by atoms with E-state index >= 15 is 0 Å². The van der Waals surface area contributed by atoms with E-state index in [0.29, 0.717) is 0 Å². The number of carbonyl (C=O) groups excluding carboxylic acids is 1. The van der Waals surface area contributed by atoms with Crippen LogP contribution in [-0.4, -0.2) is 26.3 Å². The Morgan fingerprint density at radius 3 is 2.47 bits per heavy atom. The molecule has 104 valence electrons. The molecule has 19 heavy (non-hydrogen) atoms. The Hall–Kier alpha value is -1.71. The van der Waals surface area contributed by atoms with Crippen molar-refractivity contribution in [3.63, 3.8) is 0 Å². The highest BCUT2D eigenvalue weighted by Crippen LogP contribution is 2.42. The van der Waals surface area contributed by atoms with Gasteiger partial charge in [-0.2, -0.15) is 0 Å². The smallest absolute Gasteiger partial charge is 0.309 e. The van der Waals surface area contributed by atoms with Gasteiger partial charge in [-0.05, 0) is 37.5 Å². The summed E-state index contributed by atoms with van der Waals surface area (Å²) in [6.45, 7) is 6.09. The van der Waals surface area contributed by atoms with E-state index in [9.17, 15) is 4.79 Å². The fraction of sp³-hybridized carbons (Fsp3) is 0.533. The number of ether oxygens (including phenoxy) is 3. The number of carbonyl (C=O) groups is 1. The molecule has 1 aromatic carbocycles. The summed E-state index contributed by atoms with van der Waals surface area (Å²) < 4.78 is 16.1. The first-order valence-corrected chi connectivity index (χ1v) is 6.39. The lowest BCUT2D eigenvalue weighted by Gasteiger charge is -2.15. The molecular formula is C15H20O4. The average Bonchev–Trinajstić information content (AvgIpc) is 2.81. The average molecular weight is 264 g/mol. The molecule has 1 aliphatic rings. The van der Waals surface area contributed by atoms with E-state index in [1.807, 2.05) is 20.8 Å². The third-order valence-electron chi connectivity index (χ3n) is 3.85. The maximum atomic E-state index is 11.4. The van der Waals surface area contributed by atoms with Crippen molar-refractivity contribution in [3.8, 4) is 11.5 Å². The van der Waals surface area contributed by atoms with Crippen LogP contribution in [0.1, 0.15) is 28.7 Å². The molecule has 0 radical (unpaired) electrons. The molecule has 1 aliphatic heterocycles. The van der Waals surface area contributed by atoms with Crippen molar-refractivity contribution in [1.29, 1.82) is 0 Å². The van der Waals surface area contributed by atoms with Crippen molar-refractivity contribution in [3.05, 3.63) is 22.3 Å². The molecule has 0 saturated heterocycles. The maximum Gasteiger partial charge on any atom is 0.309 e. The van der Waals surface area contributed by atoms with Crippen molar-refractivity contribution >= 4 is 5.97 Å². The fourth-order valence-corrected chi connectivity index (χ4v) is 2.69. The summed E-state index contributed by atoms with van der Waals surface area (Å²) in [5.74, 6) is 1.58. The molecule has 0 saturated carbocycles. The Morgan fingerprint density at radius 1 is 1.21 bits per heavy atom. The molecule has 0 aliphatic carbocycles. The van der Waals surface area contributed by atoms with E-state index in [1.165, 1.54) is 7.11 Å². The van der Waals surface area contributed by atoms with Gasteiger partial charge in [-0.25, -0.2) is 0 Å². The van der Waals surface area contributed by atoms with Crippen LogP contribution in [0.2, 0.25) is 0 Å². The highest BCUT2D eigenvalue weighted by atomic mass is 16.5. The number of hydrogen-bond acceptors (Lipinski definition) is 4. The Balaban J connectivity index is 2.35. The number of rotatable bonds is 3. The maximum absolute atomic E-state index is 11.4. The van der Waals surface area contributed by atoms with Gasteiger partial charge in [0.15, 0.2) is 0 Å². The molecule has 4 heteroatoms. The predicted octanol–water partition coefficient (Wildman–Crippen LogP) is 2.49. The summed E-state index contributed by atoms with van der Waals surface area (Å²) in [5, 5.41) is 0. The van der Waals surface area contributed by atoms with Gasteiger partial charge in [0.1, 0.15) is 17.6 Å². The zero-order valence-electron chi connectivity index (χ0n) is 12.1. The Morgan fingerprint density at radius 2 is 1.89 bits per heavy atom. The molecular weight excluding hydrogens is 244 g/mol. The highest BCUT2D eigenvalue weighted by Gasteiger charge is 2.30. The second-order valence-electron chi connectivity index (χ2n) is 4.94. The van der Waals surface area contributed by atoms with Gasteiger partial charge in [0.05, 0.1) is 20.6 Å². The van der Waals surface area contributed by atoms with Crippen molar-refractivity contribution in [2.75, 3.05) is 14.2 Å². The Labute approximate surface area is 113 Å². The summed E-state index contributed by atoms with van der Waals surface area (Å²) >= 11 is 0. The standard InChI is InChI=1S/C15H20O4/c1-8-9(2)15-12(10(3)14(8)18-5)6-11(19-15)7-13(16)17-4/h11H,6-7H2,1-5H3. The van der Waals surface area contributed by atoms with Crippen molar-refractivity contribution in [2.24, 2.45) is 0 Å². The van der Waals surface area contributed by atoms with Crippen LogP contribution in [0.25, 0.3) is 0 Å². The summed E-state index contributed by atoms with van der Waals surface area (Å²) in [6.07, 6.45) is 0.880. The first-order valence-electron chi connectivity index (χ1n) is 6.39. The van der Waals surface area contributed by atoms with Gasteiger partial charge in [0.25, 0.3) is 0 Å². The Bertz CT molecular complexity index is 520. The third kappa shape index (κ3) is 2.27. The molecule has 2 rings (SSSR count). The number of benzene rings is 1. The SMILES string of the molecule is COC(=O)CC1Cc2c(C)c(OC)c(C)c(C)c2O1. The van der Waals surface area contributed by atoms with Gasteiger partial charge in [-0.15, -0.1) is 0 Å². The van der Waals surface area contributed by atoms with Crippen LogP contribution in [0.5, 0.6) is 11.5 Å². The zero-order chi connectivity index (χ0) is 14.2. The number of methoxy groups -OCH3 is 2. The molecule has 0 amide bonds. The molecule has 1 aromatic rings. The number of esters is 1. The minimum Gasteiger partial charge on any atom is -0.496 e. The van der Waals surface area contributed by atoms with Gasteiger partial charge in [0.2, 0.25) is 0 Å². The van der Waals surface area contributed by atoms with Crippen LogP contribution in [-0.2, 0) is 16.0 Å². The molecule has 1 unspecified atom stereocenters. The monoisotopic (exact) mass is 264 g/mol. The number of fused-ring (bicyclic) bond motifs is 1. The first-order chi connectivity index (χ1) is 8.99. The van der Waals surface area contributed by atoms with E-state index in [4.69, 9.17) is 14.2 Å². The van der Waals surface area contributed by atoms with Gasteiger partial charge < -0.3 is 14.2 Å². The highest BCUT2D eigenvalue weighted by molar-refractivity contribution is 5.70. The molecule has 1 heterocycles. The quantitative estimate of drug-likeness (QED) is 0.787. The topological polar surface area (TPSA) is 44.8 Å². The van der Waals surface area contributed by atoms with E-state index in [-0.39, 0.29) is 18.5 Å². The fourth-order valence-electron chi connectivity index (χ4n) is 2.69. The number of hydrogen-bond donors (Lipinski definition) is 0. The summed E-state index contributed by atoms with van der Waals surface area (Å²) in [7, 11) is 3.08. The third-order valence-corrected chi connectivity index (χ3v) is 3.85. The lowest BCUT2D eigenvalue weighted by atomic mass is 9.95. The predicted molar refractivity (Wildman–Crippen MR) is 72.0 cm³/mol. The second-order valence-corrected chi connectivity index (χ2v) is 4.94. The lowest BCUT2D eigenvalue weighted by molar-refractivity contribution is -0.142. The van der Waals surface area contributed by atoms with Crippen LogP contribution >= 0.6 is 0 Å². The van der Waals surface area contributed by atoms with E-state index in [1.54, 1.807) is 7.11 Å². The normalized spacial score (nSPS) is 16.8. The van der Waals surface area contributed by atoms with Gasteiger partial charge in [-0.1, -0.05) is 0 Å². The minimum atomic E-state index is -0.239. The van der Waals surface area contributed by atoms with Crippen LogP contribution in [0.3, 0.4) is 0 Å². The largest absolute Gasteiger partial charge is 0.496 e. The van der Waals surface area contributed by atoms with Gasteiger partial charge in [-0.3, -0.25) is 4.79 Å². The molecule has 1 atom stereocenters. The van der Waals surface area contributed by atoms with Crippen molar-refractivity contribution < 1.29 is 19.0 Å². The van der Waals surface area contributed by atoms with Crippen molar-refractivity contribution in [2.45, 2.75) is 39.7 Å². The molecule has 0 N–H and O–H groups in total. The first kappa shape index (κ1) is 13.7. The molecule has 0 spiro atoms. The van der Waals surface area contributed by atoms with Crippen LogP contribution in [0.4, 0.5) is 0 Å². The molecule has 4 nitrogen and oxygen atoms in total. The van der Waals surface area contributed by atoms with Gasteiger partial charge >= 0.3 is 5.97 Å². The van der Waals surface area contributed by atoms with Gasteiger partial charge in [0, 0.05) is 12.0 Å². The van der Waals surface area contributed by atoms with Crippen LogP contribution in [0, 0.1) is 20.8 Å². The van der Waals surface area contributed by atoms with Crippen LogP contribution in [0.15, 0.2) is 0 Å². The molecule has 0 fully saturated rings.